The van der Waals surface area contributed by atoms with E-state index in [-0.39, 0.29) is 0 Å². The topological polar surface area (TPSA) is 46.5 Å². The summed E-state index contributed by atoms with van der Waals surface area (Å²) in [6.45, 7) is 1.67. The van der Waals surface area contributed by atoms with Crippen LogP contribution in [0.2, 0.25) is 5.02 Å². The maximum absolute atomic E-state index is 11.1. The van der Waals surface area contributed by atoms with Crippen molar-refractivity contribution >= 4 is 29.3 Å². The number of carbonyl (C=O) groups is 1. The first kappa shape index (κ1) is 13.3. The summed E-state index contributed by atoms with van der Waals surface area (Å²) in [4.78, 5) is 12.9. The zero-order chi connectivity index (χ0) is 14.3. The molecule has 102 valence electrons. The number of benzene rings is 2. The first-order valence-electron chi connectivity index (χ1n) is 6.06. The van der Waals surface area contributed by atoms with E-state index in [0.29, 0.717) is 5.02 Å². The lowest BCUT2D eigenvalue weighted by Crippen LogP contribution is -2.07. The molecule has 20 heavy (non-hydrogen) atoms. The van der Waals surface area contributed by atoms with E-state index in [9.17, 15) is 4.79 Å². The van der Waals surface area contributed by atoms with Crippen molar-refractivity contribution in [3.63, 3.8) is 0 Å². The number of ether oxygens (including phenoxy) is 1. The normalized spacial score (nSPS) is 13.9. The molecule has 1 N–H and O–H groups in total. The van der Waals surface area contributed by atoms with Gasteiger partial charge >= 0.3 is 5.97 Å². The van der Waals surface area contributed by atoms with E-state index in [0.717, 1.165) is 26.9 Å². The van der Waals surface area contributed by atoms with Crippen molar-refractivity contribution in [2.45, 2.75) is 22.6 Å². The van der Waals surface area contributed by atoms with Gasteiger partial charge in [-0.15, -0.1) is 0 Å². The molecule has 3 rings (SSSR count). The van der Waals surface area contributed by atoms with E-state index in [4.69, 9.17) is 21.4 Å². The standard InChI is InChI=1S/C15H11ClO3S/c1-8(15(17)18)9-2-4-11-13(6-9)20-14-7-10(16)3-5-12(14)19-11/h2-8H,1H3,(H,17,18). The fourth-order valence-electron chi connectivity index (χ4n) is 1.98. The molecule has 1 heterocycles. The molecule has 3 nitrogen and oxygen atoms in total. The Balaban J connectivity index is 1.99. The van der Waals surface area contributed by atoms with E-state index in [2.05, 4.69) is 0 Å². The molecular weight excluding hydrogens is 296 g/mol. The van der Waals surface area contributed by atoms with Crippen molar-refractivity contribution < 1.29 is 14.6 Å². The van der Waals surface area contributed by atoms with Crippen LogP contribution >= 0.6 is 23.4 Å². The van der Waals surface area contributed by atoms with Gasteiger partial charge in [-0.3, -0.25) is 4.79 Å². The number of carboxylic acids is 1. The fraction of sp³-hybridized carbons (Fsp3) is 0.133. The van der Waals surface area contributed by atoms with Crippen molar-refractivity contribution in [2.24, 2.45) is 0 Å². The van der Waals surface area contributed by atoms with E-state index in [1.54, 1.807) is 19.1 Å². The Morgan fingerprint density at radius 1 is 1.20 bits per heavy atom. The van der Waals surface area contributed by atoms with Gasteiger partial charge in [0.25, 0.3) is 0 Å². The summed E-state index contributed by atoms with van der Waals surface area (Å²) < 4.78 is 5.80. The lowest BCUT2D eigenvalue weighted by atomic mass is 10.0. The molecule has 0 saturated heterocycles. The first-order valence-corrected chi connectivity index (χ1v) is 7.26. The third-order valence-corrected chi connectivity index (χ3v) is 4.50. The molecule has 0 fully saturated rings. The smallest absolute Gasteiger partial charge is 0.310 e. The van der Waals surface area contributed by atoms with Gasteiger partial charge < -0.3 is 9.84 Å². The van der Waals surface area contributed by atoms with Gasteiger partial charge in [0.2, 0.25) is 0 Å². The Bertz CT molecular complexity index is 700. The third-order valence-electron chi connectivity index (χ3n) is 3.18. The van der Waals surface area contributed by atoms with Gasteiger partial charge in [-0.05, 0) is 42.8 Å². The molecule has 2 aromatic carbocycles. The lowest BCUT2D eigenvalue weighted by Gasteiger charge is -2.20. The van der Waals surface area contributed by atoms with Crippen LogP contribution in [0, 0.1) is 0 Å². The van der Waals surface area contributed by atoms with Crippen LogP contribution in [0.25, 0.3) is 0 Å². The molecule has 0 saturated carbocycles. The Morgan fingerprint density at radius 3 is 2.55 bits per heavy atom. The predicted octanol–water partition coefficient (Wildman–Crippen LogP) is 4.79. The molecule has 5 heteroatoms. The summed E-state index contributed by atoms with van der Waals surface area (Å²) in [6, 6.07) is 10.9. The van der Waals surface area contributed by atoms with E-state index < -0.39 is 11.9 Å². The van der Waals surface area contributed by atoms with Crippen molar-refractivity contribution in [3.8, 4) is 11.5 Å². The highest BCUT2D eigenvalue weighted by atomic mass is 35.5. The summed E-state index contributed by atoms with van der Waals surface area (Å²) in [7, 11) is 0. The van der Waals surface area contributed by atoms with E-state index in [1.165, 1.54) is 11.8 Å². The second-order valence-corrected chi connectivity index (χ2v) is 6.08. The van der Waals surface area contributed by atoms with Gasteiger partial charge in [-0.2, -0.15) is 0 Å². The summed E-state index contributed by atoms with van der Waals surface area (Å²) in [5.74, 6) is 0.133. The van der Waals surface area contributed by atoms with Gasteiger partial charge in [-0.1, -0.05) is 29.4 Å². The SMILES string of the molecule is CC(C(=O)O)c1ccc2c(c1)Sc1cc(Cl)ccc1O2. The highest BCUT2D eigenvalue weighted by Gasteiger charge is 2.21. The van der Waals surface area contributed by atoms with Crippen LogP contribution in [0.15, 0.2) is 46.2 Å². The van der Waals surface area contributed by atoms with Gasteiger partial charge in [0.1, 0.15) is 11.5 Å². The Labute approximate surface area is 125 Å². The average Bonchev–Trinajstić information content (AvgIpc) is 2.43. The van der Waals surface area contributed by atoms with Crippen LogP contribution < -0.4 is 4.74 Å². The molecule has 0 aromatic heterocycles. The largest absolute Gasteiger partial charge is 0.481 e. The molecule has 0 spiro atoms. The van der Waals surface area contributed by atoms with Gasteiger partial charge in [0.05, 0.1) is 15.7 Å². The molecule has 0 amide bonds. The summed E-state index contributed by atoms with van der Waals surface area (Å²) in [6.07, 6.45) is 0. The molecule has 1 atom stereocenters. The second-order valence-electron chi connectivity index (χ2n) is 4.56. The summed E-state index contributed by atoms with van der Waals surface area (Å²) in [5.41, 5.74) is 0.762. The fourth-order valence-corrected chi connectivity index (χ4v) is 3.26. The number of hydrogen-bond donors (Lipinski definition) is 1. The minimum absolute atomic E-state index is 0.540. The van der Waals surface area contributed by atoms with E-state index in [1.807, 2.05) is 24.3 Å². The van der Waals surface area contributed by atoms with Crippen molar-refractivity contribution in [3.05, 3.63) is 47.0 Å². The number of rotatable bonds is 2. The molecule has 0 aliphatic carbocycles. The van der Waals surface area contributed by atoms with Crippen LogP contribution in [0.5, 0.6) is 11.5 Å². The molecule has 0 bridgehead atoms. The molecule has 1 unspecified atom stereocenters. The Morgan fingerprint density at radius 2 is 1.85 bits per heavy atom. The minimum atomic E-state index is -0.838. The predicted molar refractivity (Wildman–Crippen MR) is 78.1 cm³/mol. The van der Waals surface area contributed by atoms with Crippen LogP contribution in [-0.2, 0) is 4.79 Å². The number of aliphatic carboxylic acids is 1. The first-order chi connectivity index (χ1) is 9.54. The second kappa shape index (κ2) is 5.04. The van der Waals surface area contributed by atoms with Crippen LogP contribution in [0.3, 0.4) is 0 Å². The van der Waals surface area contributed by atoms with Gasteiger partial charge in [0.15, 0.2) is 0 Å². The lowest BCUT2D eigenvalue weighted by molar-refractivity contribution is -0.138. The zero-order valence-corrected chi connectivity index (χ0v) is 12.2. The molecule has 0 radical (unpaired) electrons. The number of fused-ring (bicyclic) bond motifs is 2. The van der Waals surface area contributed by atoms with Crippen molar-refractivity contribution in [2.75, 3.05) is 0 Å². The highest BCUT2D eigenvalue weighted by molar-refractivity contribution is 7.99. The van der Waals surface area contributed by atoms with E-state index >= 15 is 0 Å². The Hall–Kier alpha value is -1.65. The quantitative estimate of drug-likeness (QED) is 0.739. The highest BCUT2D eigenvalue weighted by Crippen LogP contribution is 2.48. The zero-order valence-electron chi connectivity index (χ0n) is 10.6. The van der Waals surface area contributed by atoms with Crippen LogP contribution in [-0.4, -0.2) is 11.1 Å². The van der Waals surface area contributed by atoms with Gasteiger partial charge in [-0.25, -0.2) is 0 Å². The van der Waals surface area contributed by atoms with Crippen molar-refractivity contribution in [1.29, 1.82) is 0 Å². The Kier molecular flexibility index (Phi) is 3.36. The maximum atomic E-state index is 11.1. The third kappa shape index (κ3) is 2.37. The average molecular weight is 307 g/mol. The maximum Gasteiger partial charge on any atom is 0.310 e. The molecule has 1 aliphatic rings. The molecule has 2 aromatic rings. The van der Waals surface area contributed by atoms with Crippen LogP contribution in [0.4, 0.5) is 0 Å². The molecular formula is C15H11ClO3S. The summed E-state index contributed by atoms with van der Waals surface area (Å²) >= 11 is 7.52. The number of halogens is 1. The minimum Gasteiger partial charge on any atom is -0.481 e. The molecule has 1 aliphatic heterocycles. The van der Waals surface area contributed by atoms with Gasteiger partial charge in [0, 0.05) is 5.02 Å². The number of carboxylic acid groups (broad SMARTS) is 1. The summed E-state index contributed by atoms with van der Waals surface area (Å²) in [5, 5.41) is 9.73. The van der Waals surface area contributed by atoms with Crippen LogP contribution in [0.1, 0.15) is 18.4 Å². The monoisotopic (exact) mass is 306 g/mol. The number of hydrogen-bond acceptors (Lipinski definition) is 3. The van der Waals surface area contributed by atoms with Crippen molar-refractivity contribution in [1.82, 2.24) is 0 Å².